The molecule has 1 saturated heterocycles. The monoisotopic (exact) mass is 540 g/mol. The molecule has 7 heteroatoms. The summed E-state index contributed by atoms with van der Waals surface area (Å²) < 4.78 is 6.69. The number of aliphatic hydroxyl groups is 1. The Morgan fingerprint density at radius 2 is 1.77 bits per heavy atom. The minimum Gasteiger partial charge on any atom is -0.507 e. The third-order valence-corrected chi connectivity index (χ3v) is 7.97. The zero-order valence-corrected chi connectivity index (χ0v) is 23.6. The van der Waals surface area contributed by atoms with Crippen molar-refractivity contribution < 1.29 is 19.4 Å². The Bertz CT molecular complexity index is 1560. The van der Waals surface area contributed by atoms with Gasteiger partial charge in [0.1, 0.15) is 11.5 Å². The number of Topliss-reactive ketones (excluding diaryl/α,β-unsaturated/α-hetero) is 1. The Morgan fingerprint density at radius 1 is 1.05 bits per heavy atom. The van der Waals surface area contributed by atoms with E-state index in [-0.39, 0.29) is 16.7 Å². The van der Waals surface area contributed by atoms with E-state index < -0.39 is 17.7 Å². The summed E-state index contributed by atoms with van der Waals surface area (Å²) in [6.45, 7) is 10.9. The number of ketones is 1. The Labute approximate surface area is 232 Å². The van der Waals surface area contributed by atoms with Crippen molar-refractivity contribution in [3.8, 4) is 5.75 Å². The fraction of sp³-hybridized carbons (Fsp3) is 0.281. The highest BCUT2D eigenvalue weighted by molar-refractivity contribution is 7.22. The smallest absolute Gasteiger partial charge is 0.301 e. The van der Waals surface area contributed by atoms with Gasteiger partial charge in [0.15, 0.2) is 5.13 Å². The van der Waals surface area contributed by atoms with E-state index in [2.05, 4.69) is 25.8 Å². The molecule has 1 aliphatic rings. The summed E-state index contributed by atoms with van der Waals surface area (Å²) in [6, 6.07) is 20.0. The van der Waals surface area contributed by atoms with Gasteiger partial charge in [-0.05, 0) is 65.8 Å². The number of anilines is 1. The third kappa shape index (κ3) is 4.94. The number of nitrogens with zero attached hydrogens (tertiary/aromatic N) is 2. The molecule has 0 saturated carbocycles. The predicted octanol–water partition coefficient (Wildman–Crippen LogP) is 7.32. The van der Waals surface area contributed by atoms with Crippen molar-refractivity contribution in [1.29, 1.82) is 0 Å². The lowest BCUT2D eigenvalue weighted by atomic mass is 9.85. The van der Waals surface area contributed by atoms with Crippen LogP contribution in [0.1, 0.15) is 62.4 Å². The number of ether oxygens (including phenoxy) is 1. The molecule has 0 spiro atoms. The molecule has 3 aromatic carbocycles. The Balaban J connectivity index is 1.67. The first-order valence-corrected chi connectivity index (χ1v) is 13.9. The maximum atomic E-state index is 13.6. The molecule has 4 aromatic rings. The number of aromatic nitrogens is 1. The van der Waals surface area contributed by atoms with Gasteiger partial charge in [0.25, 0.3) is 5.78 Å². The average Bonchev–Trinajstić information content (AvgIpc) is 3.45. The number of fused-ring (bicyclic) bond motifs is 1. The van der Waals surface area contributed by atoms with E-state index in [1.54, 1.807) is 18.2 Å². The van der Waals surface area contributed by atoms with Gasteiger partial charge >= 0.3 is 5.91 Å². The maximum Gasteiger partial charge on any atom is 0.301 e. The summed E-state index contributed by atoms with van der Waals surface area (Å²) in [4.78, 5) is 33.2. The van der Waals surface area contributed by atoms with E-state index in [0.717, 1.165) is 39.1 Å². The average molecular weight is 541 g/mol. The summed E-state index contributed by atoms with van der Waals surface area (Å²) in [7, 11) is 0. The van der Waals surface area contributed by atoms with Gasteiger partial charge in [0.05, 0.1) is 28.4 Å². The van der Waals surface area contributed by atoms with Crippen LogP contribution < -0.4 is 9.64 Å². The van der Waals surface area contributed by atoms with Gasteiger partial charge in [-0.1, -0.05) is 75.4 Å². The Kier molecular flexibility index (Phi) is 7.03. The predicted molar refractivity (Wildman–Crippen MR) is 157 cm³/mol. The third-order valence-electron chi connectivity index (χ3n) is 6.94. The van der Waals surface area contributed by atoms with Crippen LogP contribution in [0.2, 0.25) is 0 Å². The molecule has 1 aliphatic heterocycles. The van der Waals surface area contributed by atoms with Gasteiger partial charge in [0.2, 0.25) is 0 Å². The van der Waals surface area contributed by atoms with Crippen LogP contribution in [0.3, 0.4) is 0 Å². The van der Waals surface area contributed by atoms with Gasteiger partial charge in [-0.25, -0.2) is 4.98 Å². The summed E-state index contributed by atoms with van der Waals surface area (Å²) in [6.07, 6.45) is 0.879. The highest BCUT2D eigenvalue weighted by Crippen LogP contribution is 2.44. The zero-order chi connectivity index (χ0) is 27.9. The van der Waals surface area contributed by atoms with Crippen molar-refractivity contribution in [1.82, 2.24) is 4.98 Å². The lowest BCUT2D eigenvalue weighted by molar-refractivity contribution is -0.132. The number of hydrogen-bond donors (Lipinski definition) is 1. The van der Waals surface area contributed by atoms with E-state index in [1.165, 1.54) is 16.2 Å². The number of aryl methyl sites for hydroxylation is 1. The molecule has 1 N–H and O–H groups in total. The van der Waals surface area contributed by atoms with Crippen LogP contribution in [0.15, 0.2) is 72.3 Å². The fourth-order valence-corrected chi connectivity index (χ4v) is 5.79. The highest BCUT2D eigenvalue weighted by atomic mass is 32.1. The molecular formula is C32H32N2O4S. The van der Waals surface area contributed by atoms with Crippen molar-refractivity contribution in [2.75, 3.05) is 11.5 Å². The highest BCUT2D eigenvalue weighted by Gasteiger charge is 2.48. The second-order valence-corrected chi connectivity index (χ2v) is 11.8. The molecule has 200 valence electrons. The first kappa shape index (κ1) is 26.6. The number of rotatable bonds is 6. The SMILES string of the molecule is CCCOc1ccc(/C(O)=C2\C(=O)C(=O)N(c3nc4ccccc4s3)C2c2ccc(C(C)(C)C)cc2)cc1C. The van der Waals surface area contributed by atoms with Crippen LogP contribution in [0.5, 0.6) is 5.75 Å². The van der Waals surface area contributed by atoms with Crippen LogP contribution in [0, 0.1) is 6.92 Å². The maximum absolute atomic E-state index is 13.6. The first-order chi connectivity index (χ1) is 18.6. The molecule has 6 nitrogen and oxygen atoms in total. The second kappa shape index (κ2) is 10.3. The number of aliphatic hydroxyl groups excluding tert-OH is 1. The number of hydrogen-bond acceptors (Lipinski definition) is 6. The van der Waals surface area contributed by atoms with E-state index in [0.29, 0.717) is 17.3 Å². The number of para-hydroxylation sites is 1. The molecule has 1 amide bonds. The van der Waals surface area contributed by atoms with Crippen LogP contribution in [-0.4, -0.2) is 28.4 Å². The van der Waals surface area contributed by atoms with Crippen LogP contribution in [0.4, 0.5) is 5.13 Å². The van der Waals surface area contributed by atoms with E-state index >= 15 is 0 Å². The summed E-state index contributed by atoms with van der Waals surface area (Å²) in [5, 5.41) is 12.0. The van der Waals surface area contributed by atoms with Gasteiger partial charge in [-0.15, -0.1) is 0 Å². The molecule has 0 radical (unpaired) electrons. The van der Waals surface area contributed by atoms with Gasteiger partial charge in [-0.3, -0.25) is 14.5 Å². The summed E-state index contributed by atoms with van der Waals surface area (Å²) in [5.74, 6) is -0.939. The molecular weight excluding hydrogens is 508 g/mol. The Morgan fingerprint density at radius 3 is 2.41 bits per heavy atom. The number of carbonyl (C=O) groups excluding carboxylic acids is 2. The quantitative estimate of drug-likeness (QED) is 0.157. The first-order valence-electron chi connectivity index (χ1n) is 13.1. The standard InChI is InChI=1S/C32H32N2O4S/c1-6-17-38-24-16-13-21(18-19(24)2)28(35)26-27(20-11-14-22(15-12-20)32(3,4)5)34(30(37)29(26)36)31-33-23-9-7-8-10-25(23)39-31/h7-16,18,27,35H,6,17H2,1-5H3/b28-26+. The van der Waals surface area contributed by atoms with E-state index in [4.69, 9.17) is 4.74 Å². The summed E-state index contributed by atoms with van der Waals surface area (Å²) >= 11 is 1.35. The van der Waals surface area contributed by atoms with Gasteiger partial charge in [-0.2, -0.15) is 0 Å². The topological polar surface area (TPSA) is 79.7 Å². The van der Waals surface area contributed by atoms with Gasteiger partial charge < -0.3 is 9.84 Å². The molecule has 0 bridgehead atoms. The molecule has 0 aliphatic carbocycles. The zero-order valence-electron chi connectivity index (χ0n) is 22.8. The number of carbonyl (C=O) groups is 2. The lowest BCUT2D eigenvalue weighted by Gasteiger charge is -2.25. The number of thiazole rings is 1. The molecule has 1 aromatic heterocycles. The number of amides is 1. The Hall–Kier alpha value is -3.97. The fourth-order valence-electron chi connectivity index (χ4n) is 4.80. The minimum atomic E-state index is -0.823. The van der Waals surface area contributed by atoms with Crippen molar-refractivity contribution in [3.63, 3.8) is 0 Å². The molecule has 1 atom stereocenters. The normalized spacial score (nSPS) is 17.3. The molecule has 1 unspecified atom stereocenters. The second-order valence-electron chi connectivity index (χ2n) is 10.8. The van der Waals surface area contributed by atoms with Crippen LogP contribution in [0.25, 0.3) is 16.0 Å². The van der Waals surface area contributed by atoms with Crippen molar-refractivity contribution in [2.45, 2.75) is 52.5 Å². The van der Waals surface area contributed by atoms with Crippen LogP contribution in [-0.2, 0) is 15.0 Å². The van der Waals surface area contributed by atoms with Crippen molar-refractivity contribution in [2.24, 2.45) is 0 Å². The van der Waals surface area contributed by atoms with Crippen molar-refractivity contribution >= 4 is 44.1 Å². The lowest BCUT2D eigenvalue weighted by Crippen LogP contribution is -2.29. The molecule has 1 fully saturated rings. The van der Waals surface area contributed by atoms with Gasteiger partial charge in [0, 0.05) is 5.56 Å². The molecule has 39 heavy (non-hydrogen) atoms. The summed E-state index contributed by atoms with van der Waals surface area (Å²) in [5.41, 5.74) is 3.87. The molecule has 2 heterocycles. The van der Waals surface area contributed by atoms with Crippen LogP contribution >= 0.6 is 11.3 Å². The molecule has 5 rings (SSSR count). The minimum absolute atomic E-state index is 0.0457. The number of benzene rings is 3. The largest absolute Gasteiger partial charge is 0.507 e. The van der Waals surface area contributed by atoms with Crippen molar-refractivity contribution in [3.05, 3.63) is 94.6 Å². The van der Waals surface area contributed by atoms with E-state index in [1.807, 2.05) is 62.4 Å². The van der Waals surface area contributed by atoms with E-state index in [9.17, 15) is 14.7 Å².